The zero-order valence-corrected chi connectivity index (χ0v) is 11.7. The predicted molar refractivity (Wildman–Crippen MR) is 74.3 cm³/mol. The number of carboxylic acids is 1. The summed E-state index contributed by atoms with van der Waals surface area (Å²) in [6.07, 6.45) is 2.15. The Balaban J connectivity index is 2.82. The van der Waals surface area contributed by atoms with E-state index in [2.05, 4.69) is 5.32 Å². The second-order valence-corrected chi connectivity index (χ2v) is 4.75. The van der Waals surface area contributed by atoms with Gasteiger partial charge >= 0.3 is 5.97 Å². The van der Waals surface area contributed by atoms with Crippen molar-refractivity contribution in [2.45, 2.75) is 46.1 Å². The fourth-order valence-corrected chi connectivity index (χ4v) is 1.90. The third-order valence-electron chi connectivity index (χ3n) is 3.30. The highest BCUT2D eigenvalue weighted by Crippen LogP contribution is 2.13. The van der Waals surface area contributed by atoms with E-state index in [1.807, 2.05) is 26.8 Å². The SMILES string of the molecule is CCCC[C@H](NC(=O)c1cccc(C)c1C)C(=O)O. The summed E-state index contributed by atoms with van der Waals surface area (Å²) in [5, 5.41) is 11.7. The largest absolute Gasteiger partial charge is 0.480 e. The second-order valence-electron chi connectivity index (χ2n) is 4.75. The van der Waals surface area contributed by atoms with Crippen molar-refractivity contribution >= 4 is 11.9 Å². The summed E-state index contributed by atoms with van der Waals surface area (Å²) in [5.74, 6) is -1.29. The molecule has 0 radical (unpaired) electrons. The summed E-state index contributed by atoms with van der Waals surface area (Å²) < 4.78 is 0. The Bertz CT molecular complexity index is 468. The zero-order chi connectivity index (χ0) is 14.4. The lowest BCUT2D eigenvalue weighted by Gasteiger charge is -2.15. The topological polar surface area (TPSA) is 66.4 Å². The van der Waals surface area contributed by atoms with Gasteiger partial charge in [-0.3, -0.25) is 4.79 Å². The van der Waals surface area contributed by atoms with Crippen molar-refractivity contribution in [1.29, 1.82) is 0 Å². The molecule has 1 aromatic carbocycles. The van der Waals surface area contributed by atoms with E-state index in [-0.39, 0.29) is 5.91 Å². The molecule has 1 amide bonds. The van der Waals surface area contributed by atoms with Crippen LogP contribution in [-0.2, 0) is 4.79 Å². The molecule has 0 bridgehead atoms. The zero-order valence-electron chi connectivity index (χ0n) is 11.7. The van der Waals surface area contributed by atoms with Crippen molar-refractivity contribution in [3.8, 4) is 0 Å². The Morgan fingerprint density at radius 2 is 2.00 bits per heavy atom. The van der Waals surface area contributed by atoms with Crippen molar-refractivity contribution in [1.82, 2.24) is 5.32 Å². The molecule has 0 spiro atoms. The van der Waals surface area contributed by atoms with Crippen molar-refractivity contribution in [3.63, 3.8) is 0 Å². The Kier molecular flexibility index (Phi) is 5.55. The number of rotatable bonds is 6. The fourth-order valence-electron chi connectivity index (χ4n) is 1.90. The van der Waals surface area contributed by atoms with Crippen LogP contribution >= 0.6 is 0 Å². The molecule has 4 heteroatoms. The van der Waals surface area contributed by atoms with Crippen LogP contribution in [0, 0.1) is 13.8 Å². The number of unbranched alkanes of at least 4 members (excludes halogenated alkanes) is 1. The molecule has 0 saturated heterocycles. The lowest BCUT2D eigenvalue weighted by Crippen LogP contribution is -2.41. The van der Waals surface area contributed by atoms with Gasteiger partial charge in [-0.15, -0.1) is 0 Å². The van der Waals surface area contributed by atoms with Crippen LogP contribution < -0.4 is 5.32 Å². The minimum Gasteiger partial charge on any atom is -0.480 e. The Hall–Kier alpha value is -1.84. The molecular weight excluding hydrogens is 242 g/mol. The molecule has 0 unspecified atom stereocenters. The van der Waals surface area contributed by atoms with Crippen molar-refractivity contribution < 1.29 is 14.7 Å². The Morgan fingerprint density at radius 3 is 2.58 bits per heavy atom. The molecule has 4 nitrogen and oxygen atoms in total. The molecule has 1 aromatic rings. The van der Waals surface area contributed by atoms with E-state index in [0.29, 0.717) is 12.0 Å². The summed E-state index contributed by atoms with van der Waals surface area (Å²) in [6.45, 7) is 5.79. The molecule has 0 aliphatic heterocycles. The molecule has 2 N–H and O–H groups in total. The van der Waals surface area contributed by atoms with E-state index >= 15 is 0 Å². The van der Waals surface area contributed by atoms with Gasteiger partial charge in [-0.05, 0) is 37.5 Å². The molecule has 1 atom stereocenters. The number of hydrogen-bond donors (Lipinski definition) is 2. The molecule has 0 saturated carbocycles. The van der Waals surface area contributed by atoms with Crippen LogP contribution in [-0.4, -0.2) is 23.0 Å². The van der Waals surface area contributed by atoms with Gasteiger partial charge in [-0.2, -0.15) is 0 Å². The first kappa shape index (κ1) is 15.2. The normalized spacial score (nSPS) is 11.9. The van der Waals surface area contributed by atoms with E-state index in [4.69, 9.17) is 5.11 Å². The first-order valence-corrected chi connectivity index (χ1v) is 6.57. The second kappa shape index (κ2) is 6.92. The smallest absolute Gasteiger partial charge is 0.326 e. The highest BCUT2D eigenvalue weighted by Gasteiger charge is 2.20. The molecule has 0 heterocycles. The Morgan fingerprint density at radius 1 is 1.32 bits per heavy atom. The van der Waals surface area contributed by atoms with Crippen LogP contribution in [0.2, 0.25) is 0 Å². The summed E-state index contributed by atoms with van der Waals surface area (Å²) in [7, 11) is 0. The van der Waals surface area contributed by atoms with E-state index in [1.165, 1.54) is 0 Å². The van der Waals surface area contributed by atoms with E-state index in [9.17, 15) is 9.59 Å². The third-order valence-corrected chi connectivity index (χ3v) is 3.30. The quantitative estimate of drug-likeness (QED) is 0.829. The monoisotopic (exact) mass is 263 g/mol. The molecule has 0 aliphatic rings. The molecule has 0 fully saturated rings. The molecule has 1 rings (SSSR count). The number of carbonyl (C=O) groups is 2. The van der Waals surface area contributed by atoms with Gasteiger partial charge in [0, 0.05) is 5.56 Å². The maximum Gasteiger partial charge on any atom is 0.326 e. The van der Waals surface area contributed by atoms with Gasteiger partial charge in [0.2, 0.25) is 0 Å². The third kappa shape index (κ3) is 4.09. The number of amides is 1. The predicted octanol–water partition coefficient (Wildman–Crippen LogP) is 2.68. The van der Waals surface area contributed by atoms with Gasteiger partial charge in [0.1, 0.15) is 6.04 Å². The van der Waals surface area contributed by atoms with Gasteiger partial charge in [-0.25, -0.2) is 4.79 Å². The lowest BCUT2D eigenvalue weighted by molar-refractivity contribution is -0.139. The first-order chi connectivity index (χ1) is 8.97. The summed E-state index contributed by atoms with van der Waals surface area (Å²) in [4.78, 5) is 23.2. The van der Waals surface area contributed by atoms with Gasteiger partial charge in [0.25, 0.3) is 5.91 Å². The molecular formula is C15H21NO3. The number of aryl methyl sites for hydroxylation is 1. The molecule has 104 valence electrons. The maximum absolute atomic E-state index is 12.1. The number of carboxylic acid groups (broad SMARTS) is 1. The van der Waals surface area contributed by atoms with Crippen molar-refractivity contribution in [2.75, 3.05) is 0 Å². The van der Waals surface area contributed by atoms with Crippen molar-refractivity contribution in [3.05, 3.63) is 34.9 Å². The maximum atomic E-state index is 12.1. The van der Waals surface area contributed by atoms with Crippen molar-refractivity contribution in [2.24, 2.45) is 0 Å². The Labute approximate surface area is 113 Å². The fraction of sp³-hybridized carbons (Fsp3) is 0.467. The number of hydrogen-bond acceptors (Lipinski definition) is 2. The van der Waals surface area contributed by atoms with Gasteiger partial charge < -0.3 is 10.4 Å². The standard InChI is InChI=1S/C15H21NO3/c1-4-5-9-13(15(18)19)16-14(17)12-8-6-7-10(2)11(12)3/h6-8,13H,4-5,9H2,1-3H3,(H,16,17)(H,18,19)/t13-/m0/s1. The number of nitrogens with one attached hydrogen (secondary N) is 1. The number of benzene rings is 1. The molecule has 0 aliphatic carbocycles. The number of carbonyl (C=O) groups excluding carboxylic acids is 1. The minimum absolute atomic E-state index is 0.315. The highest BCUT2D eigenvalue weighted by atomic mass is 16.4. The summed E-state index contributed by atoms with van der Waals surface area (Å²) in [5.41, 5.74) is 2.45. The van der Waals surface area contributed by atoms with Gasteiger partial charge in [-0.1, -0.05) is 31.9 Å². The van der Waals surface area contributed by atoms with Crippen LogP contribution in [0.15, 0.2) is 18.2 Å². The molecule has 0 aromatic heterocycles. The van der Waals surface area contributed by atoms with E-state index < -0.39 is 12.0 Å². The summed E-state index contributed by atoms with van der Waals surface area (Å²) >= 11 is 0. The van der Waals surface area contributed by atoms with Gasteiger partial charge in [0.05, 0.1) is 0 Å². The van der Waals surface area contributed by atoms with Crippen LogP contribution in [0.4, 0.5) is 0 Å². The minimum atomic E-state index is -0.980. The average molecular weight is 263 g/mol. The lowest BCUT2D eigenvalue weighted by atomic mass is 10.0. The average Bonchev–Trinajstić information content (AvgIpc) is 2.37. The molecule has 19 heavy (non-hydrogen) atoms. The van der Waals surface area contributed by atoms with E-state index in [1.54, 1.807) is 12.1 Å². The van der Waals surface area contributed by atoms with Crippen LogP contribution in [0.1, 0.15) is 47.7 Å². The van der Waals surface area contributed by atoms with Gasteiger partial charge in [0.15, 0.2) is 0 Å². The van der Waals surface area contributed by atoms with Crippen LogP contribution in [0.25, 0.3) is 0 Å². The first-order valence-electron chi connectivity index (χ1n) is 6.57. The van der Waals surface area contributed by atoms with E-state index in [0.717, 1.165) is 24.0 Å². The number of aliphatic carboxylic acids is 1. The summed E-state index contributed by atoms with van der Waals surface area (Å²) in [6, 6.07) is 4.64. The highest BCUT2D eigenvalue weighted by molar-refractivity contribution is 5.98. The van der Waals surface area contributed by atoms with Crippen LogP contribution in [0.3, 0.4) is 0 Å². The van der Waals surface area contributed by atoms with Crippen LogP contribution in [0.5, 0.6) is 0 Å².